The minimum Gasteiger partial charge on any atom is -0.459 e. The van der Waals surface area contributed by atoms with E-state index in [1.165, 1.54) is 20.8 Å². The Morgan fingerprint density at radius 2 is 1.24 bits per heavy atom. The number of hydrogen-bond donors (Lipinski definition) is 0. The third-order valence-electron chi connectivity index (χ3n) is 2.87. The number of esters is 1. The molecular formula is C12H21F3O2. The summed E-state index contributed by atoms with van der Waals surface area (Å²) in [6.07, 6.45) is -4.65. The molecule has 1 unspecified atom stereocenters. The van der Waals surface area contributed by atoms with Crippen LogP contribution < -0.4 is 0 Å². The molecule has 0 spiro atoms. The molecule has 0 saturated carbocycles. The lowest BCUT2D eigenvalue weighted by Crippen LogP contribution is -2.53. The summed E-state index contributed by atoms with van der Waals surface area (Å²) >= 11 is 0. The first kappa shape index (κ1) is 16.3. The zero-order chi connectivity index (χ0) is 14.3. The van der Waals surface area contributed by atoms with Crippen LogP contribution in [-0.4, -0.2) is 17.7 Å². The van der Waals surface area contributed by atoms with Crippen molar-refractivity contribution >= 4 is 5.97 Å². The molecule has 0 aliphatic carbocycles. The summed E-state index contributed by atoms with van der Waals surface area (Å²) in [7, 11) is 0. The predicted molar refractivity (Wildman–Crippen MR) is 59.5 cm³/mol. The number of ether oxygens (including phenoxy) is 1. The van der Waals surface area contributed by atoms with E-state index in [-0.39, 0.29) is 0 Å². The van der Waals surface area contributed by atoms with Crippen molar-refractivity contribution in [3.63, 3.8) is 0 Å². The van der Waals surface area contributed by atoms with Crippen molar-refractivity contribution in [1.82, 2.24) is 0 Å². The maximum absolute atomic E-state index is 13.1. The third kappa shape index (κ3) is 3.36. The second-order valence-electron chi connectivity index (χ2n) is 6.37. The maximum Gasteiger partial charge on any atom is 0.405 e. The van der Waals surface area contributed by atoms with E-state index >= 15 is 0 Å². The quantitative estimate of drug-likeness (QED) is 0.662. The van der Waals surface area contributed by atoms with Crippen molar-refractivity contribution < 1.29 is 22.7 Å². The summed E-state index contributed by atoms with van der Waals surface area (Å²) in [5.74, 6) is -1.23. The average Bonchev–Trinajstić information content (AvgIpc) is 1.94. The van der Waals surface area contributed by atoms with Crippen LogP contribution >= 0.6 is 0 Å². The first-order valence-corrected chi connectivity index (χ1v) is 5.43. The summed E-state index contributed by atoms with van der Waals surface area (Å²) in [4.78, 5) is 11.8. The van der Waals surface area contributed by atoms with Crippen LogP contribution in [0.3, 0.4) is 0 Å². The number of alkyl halides is 3. The van der Waals surface area contributed by atoms with Crippen molar-refractivity contribution in [3.8, 4) is 0 Å². The van der Waals surface area contributed by atoms with Crippen molar-refractivity contribution in [3.05, 3.63) is 0 Å². The van der Waals surface area contributed by atoms with Gasteiger partial charge in [0.05, 0.1) is 0 Å². The molecular weight excluding hydrogens is 233 g/mol. The average molecular weight is 254 g/mol. The molecule has 0 saturated heterocycles. The highest BCUT2D eigenvalue weighted by Crippen LogP contribution is 2.51. The Balaban J connectivity index is 5.46. The van der Waals surface area contributed by atoms with Gasteiger partial charge in [-0.1, -0.05) is 20.8 Å². The van der Waals surface area contributed by atoms with Crippen molar-refractivity contribution in [2.75, 3.05) is 0 Å². The molecule has 0 aliphatic heterocycles. The van der Waals surface area contributed by atoms with Crippen LogP contribution in [0.15, 0.2) is 0 Å². The van der Waals surface area contributed by atoms with Gasteiger partial charge in [-0.25, -0.2) is 0 Å². The number of halogens is 3. The predicted octanol–water partition coefficient (Wildman–Crippen LogP) is 3.94. The Kier molecular flexibility index (Phi) is 3.99. The fraction of sp³-hybridized carbons (Fsp3) is 0.917. The van der Waals surface area contributed by atoms with Crippen LogP contribution in [-0.2, 0) is 9.53 Å². The van der Waals surface area contributed by atoms with Gasteiger partial charge in [-0.15, -0.1) is 0 Å². The number of hydrogen-bond acceptors (Lipinski definition) is 2. The molecule has 0 aliphatic rings. The van der Waals surface area contributed by atoms with E-state index in [0.717, 1.165) is 6.92 Å². The Bertz CT molecular complexity index is 278. The van der Waals surface area contributed by atoms with E-state index < -0.39 is 28.6 Å². The fourth-order valence-corrected chi connectivity index (χ4v) is 1.23. The minimum absolute atomic E-state index is 0.890. The Labute approximate surface area is 101 Å². The molecule has 0 radical (unpaired) electrons. The van der Waals surface area contributed by atoms with Gasteiger partial charge in [0, 0.05) is 0 Å². The zero-order valence-electron chi connectivity index (χ0n) is 11.5. The summed E-state index contributed by atoms with van der Waals surface area (Å²) in [6.45, 7) is 9.67. The van der Waals surface area contributed by atoms with E-state index in [4.69, 9.17) is 4.74 Å². The summed E-state index contributed by atoms with van der Waals surface area (Å²) in [5.41, 5.74) is -4.73. The van der Waals surface area contributed by atoms with Crippen LogP contribution in [0.1, 0.15) is 48.5 Å². The van der Waals surface area contributed by atoms with Gasteiger partial charge >= 0.3 is 12.1 Å². The van der Waals surface area contributed by atoms with E-state index in [9.17, 15) is 18.0 Å². The van der Waals surface area contributed by atoms with Crippen molar-refractivity contribution in [2.24, 2.45) is 10.8 Å². The highest BCUT2D eigenvalue weighted by molar-refractivity contribution is 5.78. The van der Waals surface area contributed by atoms with Crippen LogP contribution in [0, 0.1) is 10.8 Å². The van der Waals surface area contributed by atoms with E-state index in [2.05, 4.69) is 0 Å². The second-order valence-corrected chi connectivity index (χ2v) is 6.37. The van der Waals surface area contributed by atoms with Gasteiger partial charge in [0.25, 0.3) is 0 Å². The van der Waals surface area contributed by atoms with Crippen LogP contribution in [0.25, 0.3) is 0 Å². The summed E-state index contributed by atoms with van der Waals surface area (Å²) in [5, 5.41) is 0. The lowest BCUT2D eigenvalue weighted by atomic mass is 9.67. The Morgan fingerprint density at radius 1 is 0.882 bits per heavy atom. The van der Waals surface area contributed by atoms with E-state index in [1.807, 2.05) is 0 Å². The Morgan fingerprint density at radius 3 is 1.41 bits per heavy atom. The minimum atomic E-state index is -4.65. The number of rotatable bonds is 1. The van der Waals surface area contributed by atoms with Gasteiger partial charge < -0.3 is 4.74 Å². The number of carbonyl (C=O) groups excluding carboxylic acids is 1. The zero-order valence-corrected chi connectivity index (χ0v) is 11.5. The van der Waals surface area contributed by atoms with Crippen molar-refractivity contribution in [1.29, 1.82) is 0 Å². The first-order chi connectivity index (χ1) is 7.13. The highest BCUT2D eigenvalue weighted by Gasteiger charge is 2.64. The SMILES string of the molecule is CC(C)(C)OC(=O)C(C)(C(C)(C)C)C(F)(F)F. The smallest absolute Gasteiger partial charge is 0.405 e. The molecule has 0 aromatic rings. The second kappa shape index (κ2) is 4.18. The lowest BCUT2D eigenvalue weighted by molar-refractivity contribution is -0.259. The molecule has 0 fully saturated rings. The van der Waals surface area contributed by atoms with Gasteiger partial charge in [-0.2, -0.15) is 13.2 Å². The summed E-state index contributed by atoms with van der Waals surface area (Å²) in [6, 6.07) is 0. The molecule has 0 rings (SSSR count). The fourth-order valence-electron chi connectivity index (χ4n) is 1.23. The highest BCUT2D eigenvalue weighted by atomic mass is 19.4. The molecule has 0 bridgehead atoms. The standard InChI is InChI=1S/C12H21F3O2/c1-9(2,3)11(7,12(13,14)15)8(16)17-10(4,5)6/h1-7H3. The molecule has 0 aromatic carbocycles. The topological polar surface area (TPSA) is 26.3 Å². The molecule has 102 valence electrons. The van der Waals surface area contributed by atoms with Crippen molar-refractivity contribution in [2.45, 2.75) is 60.2 Å². The Hall–Kier alpha value is -0.740. The molecule has 0 amide bonds. The van der Waals surface area contributed by atoms with Gasteiger partial charge in [-0.05, 0) is 33.1 Å². The molecule has 5 heteroatoms. The molecule has 0 heterocycles. The summed E-state index contributed by atoms with van der Waals surface area (Å²) < 4.78 is 44.3. The van der Waals surface area contributed by atoms with Crippen LogP contribution in [0.5, 0.6) is 0 Å². The molecule has 0 aromatic heterocycles. The van der Waals surface area contributed by atoms with Gasteiger partial charge in [0.1, 0.15) is 5.60 Å². The molecule has 0 N–H and O–H groups in total. The lowest BCUT2D eigenvalue weighted by Gasteiger charge is -2.42. The largest absolute Gasteiger partial charge is 0.459 e. The molecule has 17 heavy (non-hydrogen) atoms. The number of carbonyl (C=O) groups is 1. The monoisotopic (exact) mass is 254 g/mol. The van der Waals surface area contributed by atoms with Crippen LogP contribution in [0.2, 0.25) is 0 Å². The van der Waals surface area contributed by atoms with Gasteiger partial charge in [0.2, 0.25) is 0 Å². The first-order valence-electron chi connectivity index (χ1n) is 5.43. The normalized spacial score (nSPS) is 17.5. The van der Waals surface area contributed by atoms with Gasteiger partial charge in [-0.3, -0.25) is 4.79 Å². The molecule has 1 atom stereocenters. The van der Waals surface area contributed by atoms with Gasteiger partial charge in [0.15, 0.2) is 5.41 Å². The third-order valence-corrected chi connectivity index (χ3v) is 2.87. The maximum atomic E-state index is 13.1. The van der Waals surface area contributed by atoms with E-state index in [1.54, 1.807) is 20.8 Å². The van der Waals surface area contributed by atoms with E-state index in [0.29, 0.717) is 0 Å². The van der Waals surface area contributed by atoms with Crippen LogP contribution in [0.4, 0.5) is 13.2 Å². The molecule has 2 nitrogen and oxygen atoms in total.